The summed E-state index contributed by atoms with van der Waals surface area (Å²) in [6, 6.07) is 13.9. The van der Waals surface area contributed by atoms with Crippen LogP contribution in [0.1, 0.15) is 12.6 Å². The third-order valence-corrected chi connectivity index (χ3v) is 3.30. The Morgan fingerprint density at radius 3 is 2.60 bits per heavy atom. The molecule has 0 unspecified atom stereocenters. The zero-order valence-electron chi connectivity index (χ0n) is 11.0. The number of fused-ring (bicyclic) bond motifs is 1. The number of benzene rings is 2. The highest BCUT2D eigenvalue weighted by Crippen LogP contribution is 2.26. The highest BCUT2D eigenvalue weighted by atomic mass is 16.6. The van der Waals surface area contributed by atoms with Crippen LogP contribution in [0.4, 0.5) is 5.82 Å². The number of nitrogens with one attached hydrogen (secondary N) is 1. The summed E-state index contributed by atoms with van der Waals surface area (Å²) in [7, 11) is 0. The molecule has 0 saturated carbocycles. The normalized spacial score (nSPS) is 10.8. The Balaban J connectivity index is 2.13. The summed E-state index contributed by atoms with van der Waals surface area (Å²) in [5.41, 5.74) is 1.34. The molecular formula is C15H13N3O2. The van der Waals surface area contributed by atoms with Crippen molar-refractivity contribution in [2.24, 2.45) is 0 Å². The first-order valence-electron chi connectivity index (χ1n) is 6.41. The molecule has 1 N–H and O–H groups in total. The number of imidazole rings is 1. The fourth-order valence-electron chi connectivity index (χ4n) is 2.27. The van der Waals surface area contributed by atoms with Crippen molar-refractivity contribution in [3.63, 3.8) is 0 Å². The van der Waals surface area contributed by atoms with E-state index in [4.69, 9.17) is 0 Å². The molecular weight excluding hydrogens is 254 g/mol. The van der Waals surface area contributed by atoms with Gasteiger partial charge in [-0.3, -0.25) is 0 Å². The quantitative estimate of drug-likeness (QED) is 0.581. The van der Waals surface area contributed by atoms with Gasteiger partial charge < -0.3 is 10.1 Å². The lowest BCUT2D eigenvalue weighted by atomic mass is 10.1. The van der Waals surface area contributed by atoms with E-state index < -0.39 is 4.92 Å². The second-order valence-corrected chi connectivity index (χ2v) is 4.55. The number of aryl methyl sites for hydroxylation is 1. The van der Waals surface area contributed by atoms with Crippen LogP contribution in [-0.2, 0) is 6.42 Å². The smallest absolute Gasteiger partial charge is 0.344 e. The Morgan fingerprint density at radius 1 is 1.20 bits per heavy atom. The summed E-state index contributed by atoms with van der Waals surface area (Å²) < 4.78 is 0. The van der Waals surface area contributed by atoms with Crippen LogP contribution in [0.2, 0.25) is 0 Å². The molecule has 0 saturated heterocycles. The summed E-state index contributed by atoms with van der Waals surface area (Å²) in [4.78, 5) is 17.7. The first-order valence-corrected chi connectivity index (χ1v) is 6.41. The lowest BCUT2D eigenvalue weighted by Crippen LogP contribution is -1.92. The van der Waals surface area contributed by atoms with Crippen LogP contribution in [0.25, 0.3) is 22.2 Å². The standard InChI is InChI=1S/C15H13N3O2/c1-2-13-15(18(19)20)17-14(16-13)12-8-7-10-5-3-4-6-11(10)9-12/h3-9H,2H2,1H3,(H,16,17). The molecule has 0 aliphatic heterocycles. The van der Waals surface area contributed by atoms with Gasteiger partial charge in [-0.05, 0) is 34.2 Å². The highest BCUT2D eigenvalue weighted by molar-refractivity contribution is 5.86. The number of rotatable bonds is 3. The monoisotopic (exact) mass is 267 g/mol. The number of aromatic nitrogens is 2. The lowest BCUT2D eigenvalue weighted by Gasteiger charge is -1.99. The molecule has 3 aromatic rings. The van der Waals surface area contributed by atoms with Gasteiger partial charge >= 0.3 is 5.82 Å². The molecule has 0 aliphatic rings. The summed E-state index contributed by atoms with van der Waals surface area (Å²) in [5, 5.41) is 13.2. The zero-order valence-corrected chi connectivity index (χ0v) is 11.0. The van der Waals surface area contributed by atoms with Gasteiger partial charge in [-0.1, -0.05) is 37.3 Å². The Hall–Kier alpha value is -2.69. The van der Waals surface area contributed by atoms with Crippen LogP contribution in [0.15, 0.2) is 42.5 Å². The highest BCUT2D eigenvalue weighted by Gasteiger charge is 2.19. The maximum Gasteiger partial charge on any atom is 0.344 e. The van der Waals surface area contributed by atoms with Gasteiger partial charge in [-0.25, -0.2) is 9.97 Å². The lowest BCUT2D eigenvalue weighted by molar-refractivity contribution is -0.389. The minimum atomic E-state index is -0.420. The van der Waals surface area contributed by atoms with Crippen molar-refractivity contribution in [3.8, 4) is 11.4 Å². The minimum absolute atomic E-state index is 0.0179. The fraction of sp³-hybridized carbons (Fsp3) is 0.133. The molecule has 3 rings (SSSR count). The summed E-state index contributed by atoms with van der Waals surface area (Å²) >= 11 is 0. The van der Waals surface area contributed by atoms with Crippen molar-refractivity contribution >= 4 is 16.6 Å². The molecule has 100 valence electrons. The fourth-order valence-corrected chi connectivity index (χ4v) is 2.27. The first-order chi connectivity index (χ1) is 9.69. The van der Waals surface area contributed by atoms with Gasteiger partial charge in [0.05, 0.1) is 0 Å². The molecule has 0 atom stereocenters. The predicted molar refractivity (Wildman–Crippen MR) is 77.6 cm³/mol. The van der Waals surface area contributed by atoms with E-state index in [1.807, 2.05) is 49.4 Å². The average Bonchev–Trinajstić information content (AvgIpc) is 2.91. The van der Waals surface area contributed by atoms with Crippen molar-refractivity contribution in [2.75, 3.05) is 0 Å². The first kappa shape index (κ1) is 12.3. The predicted octanol–water partition coefficient (Wildman–Crippen LogP) is 3.70. The van der Waals surface area contributed by atoms with Gasteiger partial charge in [0.15, 0.2) is 0 Å². The molecule has 1 aromatic heterocycles. The summed E-state index contributed by atoms with van der Waals surface area (Å²) in [6.45, 7) is 1.85. The van der Waals surface area contributed by atoms with Crippen molar-refractivity contribution in [1.29, 1.82) is 0 Å². The van der Waals surface area contributed by atoms with E-state index in [-0.39, 0.29) is 5.82 Å². The number of nitrogens with zero attached hydrogens (tertiary/aromatic N) is 2. The number of hydrogen-bond acceptors (Lipinski definition) is 3. The number of nitro groups is 1. The van der Waals surface area contributed by atoms with Crippen LogP contribution in [0, 0.1) is 10.1 Å². The van der Waals surface area contributed by atoms with E-state index in [0.29, 0.717) is 17.9 Å². The molecule has 2 aromatic carbocycles. The SMILES string of the molecule is CCc1nc(-c2ccc3ccccc3c2)[nH]c1[N+](=O)[O-]. The summed E-state index contributed by atoms with van der Waals surface area (Å²) in [5.74, 6) is 0.523. The van der Waals surface area contributed by atoms with Crippen LogP contribution in [0.3, 0.4) is 0 Å². The maximum absolute atomic E-state index is 11.0. The molecule has 0 bridgehead atoms. The van der Waals surface area contributed by atoms with E-state index in [1.165, 1.54) is 0 Å². The third-order valence-electron chi connectivity index (χ3n) is 3.30. The van der Waals surface area contributed by atoms with Gasteiger partial charge in [0.1, 0.15) is 5.69 Å². The molecule has 1 heterocycles. The van der Waals surface area contributed by atoms with Gasteiger partial charge in [0.2, 0.25) is 5.82 Å². The second-order valence-electron chi connectivity index (χ2n) is 4.55. The second kappa shape index (κ2) is 4.77. The number of H-pyrrole nitrogens is 1. The van der Waals surface area contributed by atoms with Gasteiger partial charge in [-0.15, -0.1) is 0 Å². The largest absolute Gasteiger partial charge is 0.358 e. The van der Waals surface area contributed by atoms with Crippen molar-refractivity contribution in [1.82, 2.24) is 9.97 Å². The number of aromatic amines is 1. The Morgan fingerprint density at radius 2 is 1.95 bits per heavy atom. The van der Waals surface area contributed by atoms with Crippen LogP contribution >= 0.6 is 0 Å². The van der Waals surface area contributed by atoms with Crippen LogP contribution in [-0.4, -0.2) is 14.9 Å². The third kappa shape index (κ3) is 2.03. The van der Waals surface area contributed by atoms with Crippen LogP contribution in [0.5, 0.6) is 0 Å². The van der Waals surface area contributed by atoms with Gasteiger partial charge in [0, 0.05) is 5.56 Å². The molecule has 20 heavy (non-hydrogen) atoms. The van der Waals surface area contributed by atoms with Gasteiger partial charge in [-0.2, -0.15) is 0 Å². The van der Waals surface area contributed by atoms with Crippen LogP contribution < -0.4 is 0 Å². The zero-order chi connectivity index (χ0) is 14.1. The Labute approximate surface area is 115 Å². The van der Waals surface area contributed by atoms with E-state index in [0.717, 1.165) is 16.3 Å². The molecule has 5 heteroatoms. The molecule has 0 aliphatic carbocycles. The summed E-state index contributed by atoms with van der Waals surface area (Å²) in [6.07, 6.45) is 0.528. The van der Waals surface area contributed by atoms with E-state index in [1.54, 1.807) is 0 Å². The van der Waals surface area contributed by atoms with E-state index in [9.17, 15) is 10.1 Å². The van der Waals surface area contributed by atoms with E-state index >= 15 is 0 Å². The molecule has 0 amide bonds. The maximum atomic E-state index is 11.0. The Bertz CT molecular complexity index is 793. The molecule has 5 nitrogen and oxygen atoms in total. The Kier molecular flexibility index (Phi) is 2.95. The topological polar surface area (TPSA) is 71.8 Å². The number of hydrogen-bond donors (Lipinski definition) is 1. The van der Waals surface area contributed by atoms with Crippen molar-refractivity contribution < 1.29 is 4.92 Å². The molecule has 0 spiro atoms. The molecule has 0 radical (unpaired) electrons. The van der Waals surface area contributed by atoms with E-state index in [2.05, 4.69) is 9.97 Å². The average molecular weight is 267 g/mol. The van der Waals surface area contributed by atoms with Crippen molar-refractivity contribution in [3.05, 3.63) is 58.3 Å². The molecule has 0 fully saturated rings. The minimum Gasteiger partial charge on any atom is -0.358 e. The van der Waals surface area contributed by atoms with Crippen molar-refractivity contribution in [2.45, 2.75) is 13.3 Å². The van der Waals surface area contributed by atoms with Gasteiger partial charge in [0.25, 0.3) is 0 Å².